The van der Waals surface area contributed by atoms with Crippen molar-refractivity contribution in [2.45, 2.75) is 23.9 Å². The summed E-state index contributed by atoms with van der Waals surface area (Å²) >= 11 is 0. The summed E-state index contributed by atoms with van der Waals surface area (Å²) in [6.07, 6.45) is -0.463. The Hall–Kier alpha value is -0.770. The Morgan fingerprint density at radius 1 is 0.889 bits per heavy atom. The average Bonchev–Trinajstić information content (AvgIpc) is 2.36. The molecule has 0 aliphatic rings. The predicted octanol–water partition coefficient (Wildman–Crippen LogP) is -3.12. The number of nitrogens with one attached hydrogen (secondary N) is 1. The third kappa shape index (κ3) is 3.87. The van der Waals surface area contributed by atoms with Crippen molar-refractivity contribution in [1.29, 1.82) is 0 Å². The van der Waals surface area contributed by atoms with Gasteiger partial charge < -0.3 is 30.6 Å². The van der Waals surface area contributed by atoms with Crippen LogP contribution in [0, 0.1) is 0 Å². The molecule has 0 unspecified atom stereocenters. The van der Waals surface area contributed by atoms with Crippen molar-refractivity contribution < 1.29 is 35.4 Å². The van der Waals surface area contributed by atoms with Crippen LogP contribution in [0.2, 0.25) is 0 Å². The first-order valence-electron chi connectivity index (χ1n) is 5.53. The topological polar surface area (TPSA) is 150 Å². The Labute approximate surface area is 105 Å². The third-order valence-corrected chi connectivity index (χ3v) is 2.90. The maximum absolute atomic E-state index is 11.3. The molecule has 0 saturated carbocycles. The second kappa shape index (κ2) is 7.62. The molecule has 8 heteroatoms. The summed E-state index contributed by atoms with van der Waals surface area (Å²) in [7, 11) is 0. The van der Waals surface area contributed by atoms with Crippen LogP contribution in [0.1, 0.15) is 12.8 Å². The lowest BCUT2D eigenvalue weighted by molar-refractivity contribution is -0.149. The normalized spacial score (nSPS) is 12.7. The molecule has 7 N–H and O–H groups in total. The van der Waals surface area contributed by atoms with Gasteiger partial charge in [0.25, 0.3) is 0 Å². The Balaban J connectivity index is 5.23. The highest BCUT2D eigenvalue weighted by Crippen LogP contribution is 2.20. The summed E-state index contributed by atoms with van der Waals surface area (Å²) in [4.78, 5) is 11.3. The number of aliphatic carboxylic acids is 1. The minimum atomic E-state index is -1.72. The Morgan fingerprint density at radius 3 is 1.50 bits per heavy atom. The molecule has 0 bridgehead atoms. The van der Waals surface area contributed by atoms with E-state index in [0.29, 0.717) is 0 Å². The van der Waals surface area contributed by atoms with Crippen LogP contribution in [0.3, 0.4) is 0 Å². The van der Waals surface area contributed by atoms with Gasteiger partial charge in [0.2, 0.25) is 0 Å². The zero-order chi connectivity index (χ0) is 14.2. The van der Waals surface area contributed by atoms with E-state index in [1.165, 1.54) is 0 Å². The minimum absolute atomic E-state index is 0.232. The molecule has 0 atom stereocenters. The van der Waals surface area contributed by atoms with Crippen molar-refractivity contribution in [3.05, 3.63) is 0 Å². The first kappa shape index (κ1) is 17.2. The van der Waals surface area contributed by atoms with Crippen LogP contribution in [-0.4, -0.2) is 80.7 Å². The highest BCUT2D eigenvalue weighted by molar-refractivity contribution is 5.79. The van der Waals surface area contributed by atoms with Gasteiger partial charge in [-0.2, -0.15) is 0 Å². The largest absolute Gasteiger partial charge is 0.480 e. The fraction of sp³-hybridized carbons (Fsp3) is 0.900. The summed E-state index contributed by atoms with van der Waals surface area (Å²) < 4.78 is 0. The van der Waals surface area contributed by atoms with Crippen molar-refractivity contribution in [3.8, 4) is 0 Å². The number of aliphatic hydroxyl groups is 5. The van der Waals surface area contributed by atoms with Gasteiger partial charge in [-0.3, -0.25) is 10.1 Å². The molecule has 108 valence electrons. The smallest absolute Gasteiger partial charge is 0.324 e. The van der Waals surface area contributed by atoms with Crippen molar-refractivity contribution in [2.75, 3.05) is 33.0 Å². The molecule has 0 heterocycles. The van der Waals surface area contributed by atoms with Crippen LogP contribution >= 0.6 is 0 Å². The maximum atomic E-state index is 11.3. The standard InChI is InChI=1S/C10H21NO7/c12-3-1-10(2-4-13,8(17)18)11-9(5-14,6-15)7-16/h11-16H,1-7H2,(H,17,18). The molecule has 0 spiro atoms. The molecule has 0 aliphatic carbocycles. The Kier molecular flexibility index (Phi) is 7.29. The summed E-state index contributed by atoms with van der Waals surface area (Å²) in [5, 5.41) is 57.0. The summed E-state index contributed by atoms with van der Waals surface area (Å²) in [5.41, 5.74) is -3.32. The molecule has 0 aromatic carbocycles. The number of hydrogen-bond donors (Lipinski definition) is 7. The van der Waals surface area contributed by atoms with Gasteiger partial charge in [0, 0.05) is 13.2 Å². The van der Waals surface area contributed by atoms with Gasteiger partial charge in [-0.05, 0) is 12.8 Å². The molecule has 0 amide bonds. The van der Waals surface area contributed by atoms with E-state index < -0.39 is 50.1 Å². The van der Waals surface area contributed by atoms with Gasteiger partial charge in [-0.15, -0.1) is 0 Å². The van der Waals surface area contributed by atoms with Crippen LogP contribution < -0.4 is 5.32 Å². The number of carboxylic acid groups (broad SMARTS) is 1. The second-order valence-corrected chi connectivity index (χ2v) is 4.21. The molecular weight excluding hydrogens is 246 g/mol. The second-order valence-electron chi connectivity index (χ2n) is 4.21. The quantitative estimate of drug-likeness (QED) is 0.220. The van der Waals surface area contributed by atoms with Crippen LogP contribution in [0.5, 0.6) is 0 Å². The zero-order valence-corrected chi connectivity index (χ0v) is 10.0. The van der Waals surface area contributed by atoms with E-state index in [1.54, 1.807) is 0 Å². The summed E-state index contributed by atoms with van der Waals surface area (Å²) in [6, 6.07) is 0. The van der Waals surface area contributed by atoms with Gasteiger partial charge in [0.15, 0.2) is 0 Å². The van der Waals surface area contributed by atoms with Gasteiger partial charge in [-0.25, -0.2) is 0 Å². The molecule has 0 aromatic rings. The minimum Gasteiger partial charge on any atom is -0.480 e. The Bertz CT molecular complexity index is 240. The van der Waals surface area contributed by atoms with E-state index in [1.807, 2.05) is 0 Å². The lowest BCUT2D eigenvalue weighted by atomic mass is 9.87. The van der Waals surface area contributed by atoms with Crippen molar-refractivity contribution in [2.24, 2.45) is 0 Å². The van der Waals surface area contributed by atoms with Crippen molar-refractivity contribution >= 4 is 5.97 Å². The predicted molar refractivity (Wildman–Crippen MR) is 60.9 cm³/mol. The third-order valence-electron chi connectivity index (χ3n) is 2.90. The molecule has 0 aliphatic heterocycles. The number of carboxylic acids is 1. The van der Waals surface area contributed by atoms with Gasteiger partial charge in [0.1, 0.15) is 5.54 Å². The maximum Gasteiger partial charge on any atom is 0.324 e. The van der Waals surface area contributed by atoms with Crippen molar-refractivity contribution in [3.63, 3.8) is 0 Å². The first-order valence-corrected chi connectivity index (χ1v) is 5.53. The fourth-order valence-corrected chi connectivity index (χ4v) is 1.68. The number of rotatable bonds is 10. The van der Waals surface area contributed by atoms with Gasteiger partial charge >= 0.3 is 5.97 Å². The van der Waals surface area contributed by atoms with E-state index in [-0.39, 0.29) is 12.8 Å². The van der Waals surface area contributed by atoms with Gasteiger partial charge in [-0.1, -0.05) is 0 Å². The molecule has 8 nitrogen and oxygen atoms in total. The highest BCUT2D eigenvalue weighted by atomic mass is 16.4. The molecular formula is C10H21NO7. The molecule has 0 saturated heterocycles. The molecule has 0 fully saturated rings. The van der Waals surface area contributed by atoms with E-state index in [4.69, 9.17) is 25.5 Å². The van der Waals surface area contributed by atoms with Crippen molar-refractivity contribution in [1.82, 2.24) is 5.32 Å². The van der Waals surface area contributed by atoms with E-state index in [9.17, 15) is 9.90 Å². The summed E-state index contributed by atoms with van der Waals surface area (Å²) in [6.45, 7) is -2.99. The van der Waals surface area contributed by atoms with Gasteiger partial charge in [0.05, 0.1) is 25.4 Å². The van der Waals surface area contributed by atoms with E-state index in [2.05, 4.69) is 5.32 Å². The van der Waals surface area contributed by atoms with Crippen LogP contribution in [-0.2, 0) is 4.79 Å². The van der Waals surface area contributed by atoms with Crippen LogP contribution in [0.15, 0.2) is 0 Å². The molecule has 0 radical (unpaired) electrons. The molecule has 18 heavy (non-hydrogen) atoms. The Morgan fingerprint density at radius 2 is 1.28 bits per heavy atom. The van der Waals surface area contributed by atoms with E-state index in [0.717, 1.165) is 0 Å². The molecule has 0 rings (SSSR count). The van der Waals surface area contributed by atoms with E-state index >= 15 is 0 Å². The number of carbonyl (C=O) groups is 1. The first-order chi connectivity index (χ1) is 8.45. The SMILES string of the molecule is O=C(O)C(CCO)(CCO)NC(CO)(CO)CO. The lowest BCUT2D eigenvalue weighted by Gasteiger charge is -2.39. The number of aliphatic hydroxyl groups excluding tert-OH is 5. The average molecular weight is 267 g/mol. The lowest BCUT2D eigenvalue weighted by Crippen LogP contribution is -2.67. The van der Waals surface area contributed by atoms with Crippen LogP contribution in [0.25, 0.3) is 0 Å². The monoisotopic (exact) mass is 267 g/mol. The number of hydrogen-bond acceptors (Lipinski definition) is 7. The molecule has 0 aromatic heterocycles. The summed E-state index contributed by atoms with van der Waals surface area (Å²) in [5.74, 6) is -1.34. The van der Waals surface area contributed by atoms with Crippen LogP contribution in [0.4, 0.5) is 0 Å². The zero-order valence-electron chi connectivity index (χ0n) is 10.0. The highest BCUT2D eigenvalue weighted by Gasteiger charge is 2.44. The fourth-order valence-electron chi connectivity index (χ4n) is 1.68.